The number of aryl methyl sites for hydroxylation is 1. The molecule has 0 atom stereocenters. The summed E-state index contributed by atoms with van der Waals surface area (Å²) in [7, 11) is 0. The minimum atomic E-state index is 0.432. The molecular formula is C16H15N3. The lowest BCUT2D eigenvalue weighted by molar-refractivity contribution is 0.930. The molecule has 0 aliphatic heterocycles. The van der Waals surface area contributed by atoms with Crippen molar-refractivity contribution in [3.05, 3.63) is 60.0 Å². The van der Waals surface area contributed by atoms with Crippen LogP contribution < -0.4 is 5.73 Å². The number of hydrogen-bond donors (Lipinski definition) is 1. The summed E-state index contributed by atoms with van der Waals surface area (Å²) in [4.78, 5) is 8.86. The van der Waals surface area contributed by atoms with Crippen LogP contribution in [0.3, 0.4) is 0 Å². The van der Waals surface area contributed by atoms with Gasteiger partial charge in [-0.3, -0.25) is 0 Å². The molecule has 3 heteroatoms. The molecule has 94 valence electrons. The predicted octanol–water partition coefficient (Wildman–Crippen LogP) is 3.06. The summed E-state index contributed by atoms with van der Waals surface area (Å²) in [5, 5.41) is 2.41. The van der Waals surface area contributed by atoms with Crippen molar-refractivity contribution in [2.45, 2.75) is 13.5 Å². The van der Waals surface area contributed by atoms with Crippen molar-refractivity contribution in [1.29, 1.82) is 0 Å². The Hall–Kier alpha value is -2.26. The molecule has 2 aromatic carbocycles. The monoisotopic (exact) mass is 249 g/mol. The molecule has 1 aromatic heterocycles. The van der Waals surface area contributed by atoms with E-state index < -0.39 is 0 Å². The van der Waals surface area contributed by atoms with Crippen LogP contribution in [0.25, 0.3) is 22.0 Å². The van der Waals surface area contributed by atoms with Crippen molar-refractivity contribution in [3.8, 4) is 11.3 Å². The third-order valence-corrected chi connectivity index (χ3v) is 3.17. The van der Waals surface area contributed by atoms with Crippen LogP contribution in [0.15, 0.2) is 48.5 Å². The average molecular weight is 249 g/mol. The highest BCUT2D eigenvalue weighted by Gasteiger charge is 2.07. The topological polar surface area (TPSA) is 51.8 Å². The number of nitrogens with zero attached hydrogens (tertiary/aromatic N) is 2. The first-order valence-electron chi connectivity index (χ1n) is 6.30. The second kappa shape index (κ2) is 4.78. The van der Waals surface area contributed by atoms with Gasteiger partial charge in [-0.15, -0.1) is 0 Å². The van der Waals surface area contributed by atoms with Crippen LogP contribution in [0.4, 0.5) is 0 Å². The molecule has 0 saturated heterocycles. The number of aromatic nitrogens is 2. The fourth-order valence-electron chi connectivity index (χ4n) is 2.32. The molecule has 0 spiro atoms. The summed E-state index contributed by atoms with van der Waals surface area (Å²) in [6.45, 7) is 2.33. The molecule has 0 radical (unpaired) electrons. The van der Waals surface area contributed by atoms with E-state index in [1.54, 1.807) is 0 Å². The zero-order valence-corrected chi connectivity index (χ0v) is 10.8. The van der Waals surface area contributed by atoms with Crippen molar-refractivity contribution < 1.29 is 0 Å². The maximum atomic E-state index is 5.69. The smallest absolute Gasteiger partial charge is 0.126 e. The molecule has 3 aromatic rings. The second-order valence-electron chi connectivity index (χ2n) is 4.52. The predicted molar refractivity (Wildman–Crippen MR) is 77.6 cm³/mol. The van der Waals surface area contributed by atoms with Gasteiger partial charge >= 0.3 is 0 Å². The van der Waals surface area contributed by atoms with Gasteiger partial charge in [0.1, 0.15) is 5.82 Å². The fraction of sp³-hybridized carbons (Fsp3) is 0.125. The zero-order valence-electron chi connectivity index (χ0n) is 10.8. The summed E-state index contributed by atoms with van der Waals surface area (Å²) in [6.07, 6.45) is 0. The lowest BCUT2D eigenvalue weighted by Gasteiger charge is -2.08. The minimum absolute atomic E-state index is 0.432. The van der Waals surface area contributed by atoms with Gasteiger partial charge in [-0.25, -0.2) is 9.97 Å². The number of benzene rings is 2. The maximum Gasteiger partial charge on any atom is 0.126 e. The Kier molecular flexibility index (Phi) is 2.97. The highest BCUT2D eigenvalue weighted by Crippen LogP contribution is 2.27. The van der Waals surface area contributed by atoms with Gasteiger partial charge in [-0.05, 0) is 23.8 Å². The van der Waals surface area contributed by atoms with E-state index in [4.69, 9.17) is 5.73 Å². The van der Waals surface area contributed by atoms with Crippen LogP contribution in [0, 0.1) is 6.92 Å². The summed E-state index contributed by atoms with van der Waals surface area (Å²) >= 11 is 0. The van der Waals surface area contributed by atoms with Crippen LogP contribution in [0.1, 0.15) is 11.5 Å². The van der Waals surface area contributed by atoms with Crippen LogP contribution in [-0.2, 0) is 6.54 Å². The number of nitrogens with two attached hydrogens (primary N) is 1. The molecule has 19 heavy (non-hydrogen) atoms. The van der Waals surface area contributed by atoms with Gasteiger partial charge in [0, 0.05) is 12.1 Å². The van der Waals surface area contributed by atoms with E-state index in [0.717, 1.165) is 22.8 Å². The highest BCUT2D eigenvalue weighted by atomic mass is 14.9. The van der Waals surface area contributed by atoms with E-state index in [0.29, 0.717) is 6.54 Å². The van der Waals surface area contributed by atoms with Crippen LogP contribution in [0.2, 0.25) is 0 Å². The molecule has 3 nitrogen and oxygen atoms in total. The highest BCUT2D eigenvalue weighted by molar-refractivity contribution is 5.95. The van der Waals surface area contributed by atoms with E-state index in [9.17, 15) is 0 Å². The zero-order chi connectivity index (χ0) is 13.2. The summed E-state index contributed by atoms with van der Waals surface area (Å²) < 4.78 is 0. The molecule has 0 amide bonds. The Bertz CT molecular complexity index is 730. The molecular weight excluding hydrogens is 234 g/mol. The van der Waals surface area contributed by atoms with Gasteiger partial charge in [-0.2, -0.15) is 0 Å². The normalized spacial score (nSPS) is 10.8. The van der Waals surface area contributed by atoms with Crippen LogP contribution >= 0.6 is 0 Å². The summed E-state index contributed by atoms with van der Waals surface area (Å²) in [6, 6.07) is 16.5. The molecule has 0 saturated carbocycles. The Morgan fingerprint density at radius 2 is 1.79 bits per heavy atom. The standard InChI is InChI=1S/C16H15N3/c1-11-18-13(10-17)9-16(19-11)15-8-4-6-12-5-2-3-7-14(12)15/h2-9H,10,17H2,1H3. The Morgan fingerprint density at radius 1 is 1.00 bits per heavy atom. The summed E-state index contributed by atoms with van der Waals surface area (Å²) in [5.74, 6) is 0.755. The Labute approximate surface area is 112 Å². The Balaban J connectivity index is 2.27. The molecule has 1 heterocycles. The second-order valence-corrected chi connectivity index (χ2v) is 4.52. The number of rotatable bonds is 2. The molecule has 0 aliphatic rings. The first kappa shape index (κ1) is 11.8. The quantitative estimate of drug-likeness (QED) is 0.759. The van der Waals surface area contributed by atoms with Crippen molar-refractivity contribution in [2.24, 2.45) is 5.73 Å². The van der Waals surface area contributed by atoms with E-state index in [2.05, 4.69) is 40.3 Å². The molecule has 0 fully saturated rings. The van der Waals surface area contributed by atoms with Gasteiger partial charge in [0.15, 0.2) is 0 Å². The van der Waals surface area contributed by atoms with Gasteiger partial charge in [0.25, 0.3) is 0 Å². The third-order valence-electron chi connectivity index (χ3n) is 3.17. The van der Waals surface area contributed by atoms with Gasteiger partial charge in [0.2, 0.25) is 0 Å². The third kappa shape index (κ3) is 2.20. The first-order valence-corrected chi connectivity index (χ1v) is 6.30. The van der Waals surface area contributed by atoms with E-state index in [-0.39, 0.29) is 0 Å². The van der Waals surface area contributed by atoms with E-state index in [1.807, 2.05) is 25.1 Å². The van der Waals surface area contributed by atoms with Crippen molar-refractivity contribution in [2.75, 3.05) is 0 Å². The van der Waals surface area contributed by atoms with Crippen molar-refractivity contribution in [3.63, 3.8) is 0 Å². The van der Waals surface area contributed by atoms with Crippen molar-refractivity contribution in [1.82, 2.24) is 9.97 Å². The Morgan fingerprint density at radius 3 is 2.63 bits per heavy atom. The van der Waals surface area contributed by atoms with Crippen LogP contribution in [-0.4, -0.2) is 9.97 Å². The number of fused-ring (bicyclic) bond motifs is 1. The molecule has 0 aliphatic carbocycles. The molecule has 0 bridgehead atoms. The molecule has 2 N–H and O–H groups in total. The first-order chi connectivity index (χ1) is 9.28. The van der Waals surface area contributed by atoms with Gasteiger partial charge < -0.3 is 5.73 Å². The average Bonchev–Trinajstić information content (AvgIpc) is 2.46. The molecule has 3 rings (SSSR count). The number of hydrogen-bond acceptors (Lipinski definition) is 3. The lowest BCUT2D eigenvalue weighted by atomic mass is 10.0. The van der Waals surface area contributed by atoms with Gasteiger partial charge in [0.05, 0.1) is 11.4 Å². The largest absolute Gasteiger partial charge is 0.325 e. The van der Waals surface area contributed by atoms with Gasteiger partial charge in [-0.1, -0.05) is 42.5 Å². The fourth-order valence-corrected chi connectivity index (χ4v) is 2.32. The van der Waals surface area contributed by atoms with E-state index in [1.165, 1.54) is 10.8 Å². The lowest BCUT2D eigenvalue weighted by Crippen LogP contribution is -2.03. The minimum Gasteiger partial charge on any atom is -0.325 e. The van der Waals surface area contributed by atoms with Crippen molar-refractivity contribution >= 4 is 10.8 Å². The van der Waals surface area contributed by atoms with Crippen LogP contribution in [0.5, 0.6) is 0 Å². The maximum absolute atomic E-state index is 5.69. The summed E-state index contributed by atoms with van der Waals surface area (Å²) in [5.41, 5.74) is 8.62. The molecule has 0 unspecified atom stereocenters. The SMILES string of the molecule is Cc1nc(CN)cc(-c2cccc3ccccc23)n1. The van der Waals surface area contributed by atoms with E-state index >= 15 is 0 Å².